The Morgan fingerprint density at radius 2 is 1.67 bits per heavy atom. The minimum atomic E-state index is -0.581. The van der Waals surface area contributed by atoms with Crippen molar-refractivity contribution < 1.29 is 14.3 Å². The average molecular weight is 430 g/mol. The molecule has 0 saturated heterocycles. The second-order valence-electron chi connectivity index (χ2n) is 5.92. The van der Waals surface area contributed by atoms with E-state index in [2.05, 4.69) is 22.6 Å². The third-order valence-corrected chi connectivity index (χ3v) is 5.14. The Morgan fingerprint density at radius 1 is 1.04 bits per heavy atom. The lowest BCUT2D eigenvalue weighted by atomic mass is 9.36. The smallest absolute Gasteiger partial charge is 0.340 e. The highest BCUT2D eigenvalue weighted by molar-refractivity contribution is 14.1. The number of fused-ring (bicyclic) bond motifs is 1. The van der Waals surface area contributed by atoms with Crippen LogP contribution in [0.25, 0.3) is 0 Å². The van der Waals surface area contributed by atoms with Gasteiger partial charge < -0.3 is 4.74 Å². The van der Waals surface area contributed by atoms with E-state index in [4.69, 9.17) is 4.74 Å². The molecule has 0 N–H and O–H groups in total. The Morgan fingerprint density at radius 3 is 2.29 bits per heavy atom. The largest absolute Gasteiger partial charge is 0.465 e. The molecule has 1 aliphatic heterocycles. The van der Waals surface area contributed by atoms with Crippen LogP contribution in [0, 0.1) is 17.4 Å². The minimum Gasteiger partial charge on any atom is -0.465 e. The number of Topliss-reactive ketones (excluding diaryl/α,β-unsaturated/α-hetero) is 1. The first-order valence-corrected chi connectivity index (χ1v) is 8.72. The van der Waals surface area contributed by atoms with Crippen molar-refractivity contribution in [2.45, 2.75) is 13.8 Å². The Hall–Kier alpha value is -1.89. The summed E-state index contributed by atoms with van der Waals surface area (Å²) >= 11 is 2.26. The number of methoxy groups -OCH3 is 1. The van der Waals surface area contributed by atoms with E-state index in [1.807, 2.05) is 50.2 Å². The summed E-state index contributed by atoms with van der Waals surface area (Å²) in [5, 5.41) is 0. The van der Waals surface area contributed by atoms with Crippen LogP contribution in [0.15, 0.2) is 47.9 Å². The predicted octanol–water partition coefficient (Wildman–Crippen LogP) is 2.35. The number of aryl methyl sites for hydroxylation is 2. The Kier molecular flexibility index (Phi) is 4.63. The van der Waals surface area contributed by atoms with Crippen molar-refractivity contribution in [3.05, 3.63) is 68.2 Å². The molecule has 0 saturated carbocycles. The van der Waals surface area contributed by atoms with Crippen LogP contribution in [0.2, 0.25) is 0 Å². The van der Waals surface area contributed by atoms with Gasteiger partial charge in [0, 0.05) is 9.13 Å². The van der Waals surface area contributed by atoms with Crippen LogP contribution in [-0.2, 0) is 9.53 Å². The van der Waals surface area contributed by atoms with Crippen LogP contribution in [0.1, 0.15) is 21.5 Å². The van der Waals surface area contributed by atoms with Crippen molar-refractivity contribution in [3.63, 3.8) is 0 Å². The standard InChI is InChI=1S/C19H16BIO3/c1-11-4-5-12(2)17-16(11)18(22)15(19(23)24-3)10-20(17)13-6-8-14(21)9-7-13/h4-10H,1-3H3. The lowest BCUT2D eigenvalue weighted by molar-refractivity contribution is -0.135. The first kappa shape index (κ1) is 17.0. The molecule has 120 valence electrons. The maximum atomic E-state index is 12.9. The van der Waals surface area contributed by atoms with Crippen molar-refractivity contribution in [3.8, 4) is 0 Å². The van der Waals surface area contributed by atoms with Gasteiger partial charge in [0.05, 0.1) is 12.7 Å². The van der Waals surface area contributed by atoms with E-state index < -0.39 is 5.97 Å². The highest BCUT2D eigenvalue weighted by atomic mass is 127. The number of hydrogen-bond donors (Lipinski definition) is 0. The minimum absolute atomic E-state index is 0.113. The van der Waals surface area contributed by atoms with Crippen molar-refractivity contribution in [2.24, 2.45) is 0 Å². The van der Waals surface area contributed by atoms with Gasteiger partial charge in [-0.05, 0) is 54.1 Å². The van der Waals surface area contributed by atoms with Crippen molar-refractivity contribution in [1.29, 1.82) is 0 Å². The van der Waals surface area contributed by atoms with E-state index in [1.54, 1.807) is 5.98 Å². The molecule has 2 aromatic rings. The zero-order chi connectivity index (χ0) is 17.4. The lowest BCUT2D eigenvalue weighted by Crippen LogP contribution is -2.49. The van der Waals surface area contributed by atoms with Crippen LogP contribution < -0.4 is 10.9 Å². The van der Waals surface area contributed by atoms with Gasteiger partial charge in [0.1, 0.15) is 0 Å². The number of ether oxygens (including phenoxy) is 1. The molecule has 1 aliphatic rings. The second-order valence-corrected chi connectivity index (χ2v) is 7.16. The molecule has 0 aromatic heterocycles. The number of esters is 1. The number of rotatable bonds is 2. The third-order valence-electron chi connectivity index (χ3n) is 4.42. The van der Waals surface area contributed by atoms with E-state index in [9.17, 15) is 9.59 Å². The van der Waals surface area contributed by atoms with E-state index in [0.717, 1.165) is 25.6 Å². The van der Waals surface area contributed by atoms with E-state index in [0.29, 0.717) is 5.56 Å². The van der Waals surface area contributed by atoms with Crippen LogP contribution in [0.5, 0.6) is 0 Å². The maximum absolute atomic E-state index is 12.9. The number of carbonyl (C=O) groups is 2. The van der Waals surface area contributed by atoms with Crippen LogP contribution >= 0.6 is 22.6 Å². The van der Waals surface area contributed by atoms with Crippen LogP contribution in [-0.4, -0.2) is 25.6 Å². The van der Waals surface area contributed by atoms with E-state index in [1.165, 1.54) is 7.11 Å². The van der Waals surface area contributed by atoms with Crippen LogP contribution in [0.4, 0.5) is 0 Å². The summed E-state index contributed by atoms with van der Waals surface area (Å²) < 4.78 is 5.96. The van der Waals surface area contributed by atoms with Crippen molar-refractivity contribution in [2.75, 3.05) is 7.11 Å². The molecular weight excluding hydrogens is 414 g/mol. The summed E-state index contributed by atoms with van der Waals surface area (Å²) in [5.74, 6) is 0.910. The Labute approximate surface area is 155 Å². The zero-order valence-electron chi connectivity index (χ0n) is 13.7. The number of benzene rings is 2. The van der Waals surface area contributed by atoms with Gasteiger partial charge in [0.25, 0.3) is 0 Å². The van der Waals surface area contributed by atoms with Gasteiger partial charge in [-0.1, -0.05) is 46.7 Å². The highest BCUT2D eigenvalue weighted by Gasteiger charge is 2.35. The second kappa shape index (κ2) is 6.55. The number of carbonyl (C=O) groups excluding carboxylic acids is 2. The molecule has 1 heterocycles. The molecule has 0 radical (unpaired) electrons. The molecule has 2 aromatic carbocycles. The number of hydrogen-bond acceptors (Lipinski definition) is 3. The third kappa shape index (κ3) is 2.81. The van der Waals surface area contributed by atoms with Gasteiger partial charge in [-0.2, -0.15) is 0 Å². The lowest BCUT2D eigenvalue weighted by Gasteiger charge is -2.24. The van der Waals surface area contributed by atoms with Crippen molar-refractivity contribution >= 4 is 52.0 Å². The Balaban J connectivity index is 2.28. The number of halogens is 1. The van der Waals surface area contributed by atoms with Gasteiger partial charge in [0.15, 0.2) is 5.78 Å². The summed E-state index contributed by atoms with van der Waals surface area (Å²) in [7, 11) is 1.30. The maximum Gasteiger partial charge on any atom is 0.340 e. The van der Waals surface area contributed by atoms with Crippen LogP contribution in [0.3, 0.4) is 0 Å². The zero-order valence-corrected chi connectivity index (χ0v) is 15.9. The molecule has 5 heteroatoms. The van der Waals surface area contributed by atoms with Gasteiger partial charge in [-0.15, -0.1) is 0 Å². The van der Waals surface area contributed by atoms with Gasteiger partial charge in [-0.25, -0.2) is 4.79 Å². The fraction of sp³-hybridized carbons (Fsp3) is 0.158. The molecule has 0 atom stereocenters. The summed E-state index contributed by atoms with van der Waals surface area (Å²) in [5.41, 5.74) is 4.70. The Bertz CT molecular complexity index is 869. The summed E-state index contributed by atoms with van der Waals surface area (Å²) in [6.07, 6.45) is 0. The van der Waals surface area contributed by atoms with Gasteiger partial charge in [0.2, 0.25) is 6.71 Å². The molecule has 3 rings (SSSR count). The first-order valence-electron chi connectivity index (χ1n) is 7.64. The fourth-order valence-electron chi connectivity index (χ4n) is 3.20. The van der Waals surface area contributed by atoms with Crippen molar-refractivity contribution in [1.82, 2.24) is 0 Å². The topological polar surface area (TPSA) is 43.4 Å². The average Bonchev–Trinajstić information content (AvgIpc) is 2.58. The first-order chi connectivity index (χ1) is 11.4. The molecule has 0 aliphatic carbocycles. The predicted molar refractivity (Wildman–Crippen MR) is 105 cm³/mol. The molecule has 0 spiro atoms. The van der Waals surface area contributed by atoms with Gasteiger partial charge >= 0.3 is 5.97 Å². The molecule has 0 unspecified atom stereocenters. The normalized spacial score (nSPS) is 13.4. The molecular formula is C19H16BIO3. The van der Waals surface area contributed by atoms with E-state index in [-0.39, 0.29) is 18.1 Å². The highest BCUT2D eigenvalue weighted by Crippen LogP contribution is 2.21. The molecule has 0 amide bonds. The molecule has 3 nitrogen and oxygen atoms in total. The molecule has 24 heavy (non-hydrogen) atoms. The monoisotopic (exact) mass is 430 g/mol. The van der Waals surface area contributed by atoms with E-state index >= 15 is 0 Å². The summed E-state index contributed by atoms with van der Waals surface area (Å²) in [6, 6.07) is 12.1. The quantitative estimate of drug-likeness (QED) is 0.318. The van der Waals surface area contributed by atoms with Gasteiger partial charge in [-0.3, -0.25) is 4.79 Å². The SMILES string of the molecule is COC(=O)C1=CB(c2ccc(I)cc2)c2c(C)ccc(C)c2C1=O. The fourth-order valence-corrected chi connectivity index (χ4v) is 3.56. The molecule has 0 bridgehead atoms. The summed E-state index contributed by atoms with van der Waals surface area (Å²) in [4.78, 5) is 25.0. The number of ketones is 1. The molecule has 0 fully saturated rings. The summed E-state index contributed by atoms with van der Waals surface area (Å²) in [6.45, 7) is 3.77.